The lowest BCUT2D eigenvalue weighted by atomic mass is 9.82. The van der Waals surface area contributed by atoms with Gasteiger partial charge in [0.2, 0.25) is 0 Å². The van der Waals surface area contributed by atoms with Gasteiger partial charge in [-0.3, -0.25) is 9.59 Å². The summed E-state index contributed by atoms with van der Waals surface area (Å²) >= 11 is 0. The lowest BCUT2D eigenvalue weighted by Crippen LogP contribution is -2.26. The fraction of sp³-hybridized carbons (Fsp3) is 0.152. The van der Waals surface area contributed by atoms with E-state index in [0.29, 0.717) is 23.2 Å². The van der Waals surface area contributed by atoms with Crippen LogP contribution in [0, 0.1) is 17.4 Å². The first-order valence-electron chi connectivity index (χ1n) is 13.1. The first-order chi connectivity index (χ1) is 19.0. The molecule has 1 N–H and O–H groups in total. The number of fused-ring (bicyclic) bond motifs is 4. The second-order valence-electron chi connectivity index (χ2n) is 9.96. The number of anilines is 1. The highest BCUT2D eigenvalue weighted by molar-refractivity contribution is 6.24. The van der Waals surface area contributed by atoms with E-state index in [1.165, 1.54) is 0 Å². The highest BCUT2D eigenvalue weighted by atomic mass is 16.1. The van der Waals surface area contributed by atoms with Crippen LogP contribution in [0.15, 0.2) is 90.0 Å². The van der Waals surface area contributed by atoms with E-state index in [4.69, 9.17) is 0 Å². The van der Waals surface area contributed by atoms with Crippen molar-refractivity contribution in [2.45, 2.75) is 32.2 Å². The molecule has 0 saturated heterocycles. The zero-order valence-corrected chi connectivity index (χ0v) is 21.5. The molecule has 2 aliphatic carbocycles. The maximum absolute atomic E-state index is 13.7. The van der Waals surface area contributed by atoms with Crippen LogP contribution in [0.1, 0.15) is 56.3 Å². The van der Waals surface area contributed by atoms with Crippen molar-refractivity contribution in [3.63, 3.8) is 0 Å². The number of nitrogens with zero attached hydrogens (tertiary/aromatic N) is 3. The van der Waals surface area contributed by atoms with Crippen molar-refractivity contribution in [3.05, 3.63) is 144 Å². The van der Waals surface area contributed by atoms with Gasteiger partial charge in [-0.2, -0.15) is 0 Å². The molecular formula is C33H26N4O2. The SMILES string of the molecule is Cc1ccccc1C(=O)Nc1ccc(C(=O)C2=c3ccc4c(c3CCC2)C(N=[N+]=[N-])C=c2ccccc2=4)cc1. The maximum Gasteiger partial charge on any atom is 0.255 e. The monoisotopic (exact) mass is 510 g/mol. The Balaban J connectivity index is 1.39. The van der Waals surface area contributed by atoms with E-state index < -0.39 is 6.04 Å². The Bertz CT molecular complexity index is 1920. The molecule has 4 aromatic carbocycles. The molecule has 190 valence electrons. The van der Waals surface area contributed by atoms with Crippen LogP contribution in [0.3, 0.4) is 0 Å². The van der Waals surface area contributed by atoms with Crippen molar-refractivity contribution in [2.75, 3.05) is 5.32 Å². The van der Waals surface area contributed by atoms with Gasteiger partial charge in [-0.25, -0.2) is 0 Å². The molecule has 6 nitrogen and oxygen atoms in total. The molecule has 0 radical (unpaired) electrons. The first kappa shape index (κ1) is 24.4. The van der Waals surface area contributed by atoms with E-state index in [1.54, 1.807) is 30.3 Å². The fourth-order valence-corrected chi connectivity index (χ4v) is 5.79. The van der Waals surface area contributed by atoms with Gasteiger partial charge < -0.3 is 5.32 Å². The molecule has 0 heterocycles. The number of carbonyl (C=O) groups excluding carboxylic acids is 2. The van der Waals surface area contributed by atoms with Gasteiger partial charge in [0.1, 0.15) is 0 Å². The lowest BCUT2D eigenvalue weighted by molar-refractivity contribution is 0.102. The number of benzene rings is 4. The Hall–Kier alpha value is -4.93. The summed E-state index contributed by atoms with van der Waals surface area (Å²) in [6.07, 6.45) is 4.37. The van der Waals surface area contributed by atoms with Gasteiger partial charge in [-0.1, -0.05) is 65.8 Å². The normalized spacial score (nSPS) is 15.1. The molecular weight excluding hydrogens is 484 g/mol. The summed E-state index contributed by atoms with van der Waals surface area (Å²) in [6.45, 7) is 1.90. The second-order valence-corrected chi connectivity index (χ2v) is 9.96. The molecule has 2 aliphatic rings. The van der Waals surface area contributed by atoms with Crippen LogP contribution in [-0.4, -0.2) is 11.7 Å². The Morgan fingerprint density at radius 1 is 0.872 bits per heavy atom. The van der Waals surface area contributed by atoms with E-state index in [1.807, 2.05) is 55.5 Å². The van der Waals surface area contributed by atoms with Gasteiger partial charge in [0.05, 0.1) is 6.04 Å². The molecule has 0 fully saturated rings. The van der Waals surface area contributed by atoms with Crippen molar-refractivity contribution in [1.29, 1.82) is 0 Å². The van der Waals surface area contributed by atoms with E-state index in [0.717, 1.165) is 56.0 Å². The predicted octanol–water partition coefficient (Wildman–Crippen LogP) is 6.05. The summed E-state index contributed by atoms with van der Waals surface area (Å²) in [4.78, 5) is 29.5. The third-order valence-electron chi connectivity index (χ3n) is 7.66. The summed E-state index contributed by atoms with van der Waals surface area (Å²) in [7, 11) is 0. The van der Waals surface area contributed by atoms with Crippen molar-refractivity contribution >= 4 is 29.0 Å². The van der Waals surface area contributed by atoms with Gasteiger partial charge in [-0.05, 0) is 99.6 Å². The minimum Gasteiger partial charge on any atom is -0.322 e. The summed E-state index contributed by atoms with van der Waals surface area (Å²) in [5.74, 6) is -0.200. The second kappa shape index (κ2) is 10.1. The summed E-state index contributed by atoms with van der Waals surface area (Å²) < 4.78 is 0. The smallest absolute Gasteiger partial charge is 0.255 e. The number of aryl methyl sites for hydroxylation is 1. The standard InChI is InChI=1S/C33H26N4O2/c1-20-7-2-4-9-24(20)33(39)35-23-15-13-21(14-16-23)32(38)29-12-6-11-27-26(29)17-18-28-25-10-5-3-8-22(25)19-30(31(27)28)36-37-34/h2-5,7-10,13-19,30H,6,11-12H2,1H3,(H,35,39). The minimum atomic E-state index is -0.416. The minimum absolute atomic E-state index is 0.0202. The fourth-order valence-electron chi connectivity index (χ4n) is 5.79. The van der Waals surface area contributed by atoms with E-state index >= 15 is 0 Å². The van der Waals surface area contributed by atoms with Crippen LogP contribution in [0.4, 0.5) is 5.69 Å². The van der Waals surface area contributed by atoms with Crippen molar-refractivity contribution in [1.82, 2.24) is 0 Å². The Morgan fingerprint density at radius 3 is 2.41 bits per heavy atom. The molecule has 1 atom stereocenters. The number of hydrogen-bond acceptors (Lipinski definition) is 3. The third kappa shape index (κ3) is 4.41. The van der Waals surface area contributed by atoms with Gasteiger partial charge in [0.15, 0.2) is 5.78 Å². The molecule has 0 saturated carbocycles. The number of carbonyl (C=O) groups is 2. The number of hydrogen-bond donors (Lipinski definition) is 1. The van der Waals surface area contributed by atoms with Crippen molar-refractivity contribution in [2.24, 2.45) is 5.11 Å². The van der Waals surface area contributed by atoms with Gasteiger partial charge in [0.25, 0.3) is 5.91 Å². The van der Waals surface area contributed by atoms with Crippen LogP contribution in [0.5, 0.6) is 0 Å². The Kier molecular flexibility index (Phi) is 6.31. The predicted molar refractivity (Wildman–Crippen MR) is 152 cm³/mol. The number of rotatable bonds is 5. The lowest BCUT2D eigenvalue weighted by Gasteiger charge is -2.23. The summed E-state index contributed by atoms with van der Waals surface area (Å²) in [5, 5.41) is 11.2. The molecule has 6 rings (SSSR count). The Morgan fingerprint density at radius 2 is 1.62 bits per heavy atom. The number of ketones is 1. The first-order valence-corrected chi connectivity index (χ1v) is 13.1. The molecule has 0 spiro atoms. The quantitative estimate of drug-likeness (QED) is 0.153. The van der Waals surface area contributed by atoms with E-state index in [2.05, 4.69) is 27.5 Å². The number of amides is 1. The zero-order valence-electron chi connectivity index (χ0n) is 21.5. The molecule has 0 aromatic heterocycles. The number of Topliss-reactive ketones (excluding diaryl/α,β-unsaturated/α-hetero) is 1. The van der Waals surface area contributed by atoms with Crippen LogP contribution in [-0.2, 0) is 6.42 Å². The van der Waals surface area contributed by atoms with E-state index in [9.17, 15) is 15.1 Å². The van der Waals surface area contributed by atoms with Crippen molar-refractivity contribution in [3.8, 4) is 0 Å². The molecule has 4 aromatic rings. The highest BCUT2D eigenvalue weighted by Gasteiger charge is 2.24. The van der Waals surface area contributed by atoms with Crippen LogP contribution >= 0.6 is 0 Å². The Labute approximate surface area is 225 Å². The largest absolute Gasteiger partial charge is 0.322 e. The average molecular weight is 511 g/mol. The summed E-state index contributed by atoms with van der Waals surface area (Å²) in [5.41, 5.74) is 14.9. The average Bonchev–Trinajstić information content (AvgIpc) is 2.97. The molecule has 0 bridgehead atoms. The highest BCUT2D eigenvalue weighted by Crippen LogP contribution is 2.30. The number of azide groups is 1. The molecule has 1 amide bonds. The van der Waals surface area contributed by atoms with Crippen LogP contribution in [0.25, 0.3) is 22.1 Å². The van der Waals surface area contributed by atoms with Gasteiger partial charge >= 0.3 is 0 Å². The summed E-state index contributed by atoms with van der Waals surface area (Å²) in [6, 6.07) is 26.3. The topological polar surface area (TPSA) is 94.9 Å². The maximum atomic E-state index is 13.7. The van der Waals surface area contributed by atoms with Crippen molar-refractivity contribution < 1.29 is 9.59 Å². The zero-order chi connectivity index (χ0) is 26.9. The molecule has 1 unspecified atom stereocenters. The number of nitrogens with one attached hydrogen (secondary N) is 1. The molecule has 6 heteroatoms. The molecule has 0 aliphatic heterocycles. The molecule has 39 heavy (non-hydrogen) atoms. The van der Waals surface area contributed by atoms with Crippen LogP contribution < -0.4 is 15.8 Å². The third-order valence-corrected chi connectivity index (χ3v) is 7.66. The van der Waals surface area contributed by atoms with Crippen LogP contribution in [0.2, 0.25) is 0 Å². The van der Waals surface area contributed by atoms with Gasteiger partial charge in [0, 0.05) is 27.3 Å². The van der Waals surface area contributed by atoms with Gasteiger partial charge in [-0.15, -0.1) is 0 Å². The van der Waals surface area contributed by atoms with E-state index in [-0.39, 0.29) is 11.7 Å².